The van der Waals surface area contributed by atoms with Crippen molar-refractivity contribution in [1.82, 2.24) is 14.3 Å². The first kappa shape index (κ1) is 19.1. The van der Waals surface area contributed by atoms with Gasteiger partial charge in [-0.05, 0) is 43.4 Å². The Morgan fingerprint density at radius 2 is 1.93 bits per heavy atom. The monoisotopic (exact) mass is 412 g/mol. The number of rotatable bonds is 2. The molecule has 0 amide bonds. The van der Waals surface area contributed by atoms with E-state index in [9.17, 15) is 21.6 Å². The first-order valence-corrected chi connectivity index (χ1v) is 10.4. The molecule has 4 rings (SSSR count). The number of hydrogen-bond acceptors (Lipinski definition) is 5. The van der Waals surface area contributed by atoms with Gasteiger partial charge in [-0.2, -0.15) is 17.5 Å². The van der Waals surface area contributed by atoms with Crippen molar-refractivity contribution >= 4 is 16.0 Å². The zero-order chi connectivity index (χ0) is 20.2. The summed E-state index contributed by atoms with van der Waals surface area (Å²) < 4.78 is 67.5. The molecule has 1 aromatic heterocycles. The Balaban J connectivity index is 1.73. The third-order valence-electron chi connectivity index (χ3n) is 5.61. The number of piperidine rings is 1. The van der Waals surface area contributed by atoms with Crippen LogP contribution in [-0.2, 0) is 28.0 Å². The van der Waals surface area contributed by atoms with E-state index in [0.29, 0.717) is 25.7 Å². The summed E-state index contributed by atoms with van der Waals surface area (Å²) in [6.07, 6.45) is -0.478. The van der Waals surface area contributed by atoms with E-state index in [1.165, 1.54) is 12.1 Å². The summed E-state index contributed by atoms with van der Waals surface area (Å²) in [7, 11) is -4.31. The van der Waals surface area contributed by atoms with Gasteiger partial charge in [0.25, 0.3) is 0 Å². The Morgan fingerprint density at radius 3 is 2.68 bits per heavy atom. The standard InChI is InChI=1S/C18H19F3N4O2S/c19-18(20,21)13-4-1-2-5-14(13)28(26,27)25-9-3-7-17(11-25)8-6-12-10-23-16(22)24-15(12)17/h1-2,4-5,10H,3,6-9,11H2,(H2,22,23,24). The number of hydrogen-bond donors (Lipinski definition) is 1. The molecule has 1 aromatic carbocycles. The second-order valence-electron chi connectivity index (χ2n) is 7.32. The lowest BCUT2D eigenvalue weighted by Crippen LogP contribution is -2.48. The number of sulfonamides is 1. The number of fused-ring (bicyclic) bond motifs is 2. The van der Waals surface area contributed by atoms with Crippen LogP contribution < -0.4 is 5.73 Å². The average Bonchev–Trinajstić information content (AvgIpc) is 2.98. The molecule has 1 spiro atoms. The SMILES string of the molecule is Nc1ncc2c(n1)C1(CCCN(S(=O)(=O)c3ccccc3C(F)(F)F)C1)CC2. The van der Waals surface area contributed by atoms with E-state index < -0.39 is 32.1 Å². The van der Waals surface area contributed by atoms with E-state index in [1.54, 1.807) is 6.20 Å². The summed E-state index contributed by atoms with van der Waals surface area (Å²) in [6, 6.07) is 4.31. The van der Waals surface area contributed by atoms with Gasteiger partial charge in [-0.1, -0.05) is 12.1 Å². The molecule has 2 N–H and O–H groups in total. The van der Waals surface area contributed by atoms with Gasteiger partial charge in [0.15, 0.2) is 0 Å². The summed E-state index contributed by atoms with van der Waals surface area (Å²) in [5.41, 5.74) is 5.69. The van der Waals surface area contributed by atoms with Gasteiger partial charge in [-0.25, -0.2) is 18.4 Å². The molecule has 2 aromatic rings. The van der Waals surface area contributed by atoms with Crippen LogP contribution in [-0.4, -0.2) is 35.8 Å². The van der Waals surface area contributed by atoms with Crippen LogP contribution in [0.2, 0.25) is 0 Å². The fraction of sp³-hybridized carbons (Fsp3) is 0.444. The molecule has 2 heterocycles. The molecule has 150 valence electrons. The zero-order valence-corrected chi connectivity index (χ0v) is 15.7. The molecule has 0 saturated carbocycles. The maximum atomic E-state index is 13.4. The fourth-order valence-corrected chi connectivity index (χ4v) is 6.09. The van der Waals surface area contributed by atoms with E-state index in [2.05, 4.69) is 9.97 Å². The van der Waals surface area contributed by atoms with Crippen molar-refractivity contribution in [2.45, 2.75) is 42.2 Å². The van der Waals surface area contributed by atoms with Crippen LogP contribution >= 0.6 is 0 Å². The predicted octanol–water partition coefficient (Wildman–Crippen LogP) is 2.75. The van der Waals surface area contributed by atoms with Crippen molar-refractivity contribution in [3.63, 3.8) is 0 Å². The molecular weight excluding hydrogens is 393 g/mol. The fourth-order valence-electron chi connectivity index (χ4n) is 4.31. The van der Waals surface area contributed by atoms with Crippen molar-refractivity contribution in [1.29, 1.82) is 0 Å². The molecule has 1 aliphatic carbocycles. The van der Waals surface area contributed by atoms with Crippen LogP contribution in [0.25, 0.3) is 0 Å². The van der Waals surface area contributed by atoms with Gasteiger partial charge in [-0.3, -0.25) is 0 Å². The smallest absolute Gasteiger partial charge is 0.368 e. The van der Waals surface area contributed by atoms with Crippen molar-refractivity contribution in [2.24, 2.45) is 0 Å². The normalized spacial score (nSPS) is 23.1. The van der Waals surface area contributed by atoms with Gasteiger partial charge in [-0.15, -0.1) is 0 Å². The van der Waals surface area contributed by atoms with Crippen LogP contribution in [0.1, 0.15) is 36.1 Å². The van der Waals surface area contributed by atoms with Crippen LogP contribution in [0.3, 0.4) is 0 Å². The third-order valence-corrected chi connectivity index (χ3v) is 7.51. The average molecular weight is 412 g/mol. The minimum atomic E-state index is -4.75. The highest BCUT2D eigenvalue weighted by Crippen LogP contribution is 2.45. The summed E-state index contributed by atoms with van der Waals surface area (Å²) in [6.45, 7) is 0.261. The lowest BCUT2D eigenvalue weighted by molar-refractivity contribution is -0.139. The molecule has 1 aliphatic heterocycles. The zero-order valence-electron chi connectivity index (χ0n) is 14.9. The van der Waals surface area contributed by atoms with Gasteiger partial charge < -0.3 is 5.73 Å². The Bertz CT molecular complexity index is 1020. The molecular formula is C18H19F3N4O2S. The number of nitrogen functional groups attached to an aromatic ring is 1. The number of nitrogens with zero attached hydrogens (tertiary/aromatic N) is 3. The second kappa shape index (κ2) is 6.41. The second-order valence-corrected chi connectivity index (χ2v) is 9.22. The minimum Gasteiger partial charge on any atom is -0.368 e. The lowest BCUT2D eigenvalue weighted by atomic mass is 9.78. The van der Waals surface area contributed by atoms with E-state index >= 15 is 0 Å². The van der Waals surface area contributed by atoms with Gasteiger partial charge in [0.2, 0.25) is 16.0 Å². The number of aromatic nitrogens is 2. The highest BCUT2D eigenvalue weighted by Gasteiger charge is 2.47. The van der Waals surface area contributed by atoms with Crippen LogP contribution in [0.4, 0.5) is 19.1 Å². The molecule has 1 unspecified atom stereocenters. The van der Waals surface area contributed by atoms with Gasteiger partial charge in [0.1, 0.15) is 0 Å². The number of halogens is 3. The maximum absolute atomic E-state index is 13.4. The highest BCUT2D eigenvalue weighted by molar-refractivity contribution is 7.89. The molecule has 10 heteroatoms. The Labute approximate surface area is 160 Å². The minimum absolute atomic E-state index is 0.0883. The summed E-state index contributed by atoms with van der Waals surface area (Å²) in [5, 5.41) is 0. The first-order valence-electron chi connectivity index (χ1n) is 8.92. The molecule has 0 bridgehead atoms. The summed E-state index contributed by atoms with van der Waals surface area (Å²) >= 11 is 0. The number of nitrogens with two attached hydrogens (primary N) is 1. The molecule has 1 atom stereocenters. The first-order chi connectivity index (χ1) is 13.1. The van der Waals surface area contributed by atoms with E-state index in [-0.39, 0.29) is 19.0 Å². The molecule has 1 fully saturated rings. The topological polar surface area (TPSA) is 89.2 Å². The van der Waals surface area contributed by atoms with Crippen LogP contribution in [0, 0.1) is 0 Å². The van der Waals surface area contributed by atoms with Crippen molar-refractivity contribution in [3.8, 4) is 0 Å². The van der Waals surface area contributed by atoms with Crippen LogP contribution in [0.5, 0.6) is 0 Å². The molecule has 6 nitrogen and oxygen atoms in total. The Morgan fingerprint density at radius 1 is 1.18 bits per heavy atom. The Hall–Kier alpha value is -2.20. The quantitative estimate of drug-likeness (QED) is 0.819. The number of alkyl halides is 3. The summed E-state index contributed by atoms with van der Waals surface area (Å²) in [4.78, 5) is 7.63. The Kier molecular flexibility index (Phi) is 4.38. The van der Waals surface area contributed by atoms with Crippen LogP contribution in [0.15, 0.2) is 35.4 Å². The van der Waals surface area contributed by atoms with E-state index in [0.717, 1.165) is 27.7 Å². The maximum Gasteiger partial charge on any atom is 0.417 e. The van der Waals surface area contributed by atoms with Crippen molar-refractivity contribution < 1.29 is 21.6 Å². The van der Waals surface area contributed by atoms with Gasteiger partial charge in [0.05, 0.1) is 16.2 Å². The lowest BCUT2D eigenvalue weighted by Gasteiger charge is -2.40. The predicted molar refractivity (Wildman–Crippen MR) is 95.9 cm³/mol. The van der Waals surface area contributed by atoms with E-state index in [1.807, 2.05) is 0 Å². The van der Waals surface area contributed by atoms with E-state index in [4.69, 9.17) is 5.73 Å². The molecule has 1 saturated heterocycles. The largest absolute Gasteiger partial charge is 0.417 e. The van der Waals surface area contributed by atoms with Gasteiger partial charge in [0, 0.05) is 24.7 Å². The highest BCUT2D eigenvalue weighted by atomic mass is 32.2. The number of aryl methyl sites for hydroxylation is 1. The molecule has 28 heavy (non-hydrogen) atoms. The molecule has 0 radical (unpaired) electrons. The van der Waals surface area contributed by atoms with Gasteiger partial charge >= 0.3 is 6.18 Å². The number of benzene rings is 1. The van der Waals surface area contributed by atoms with Crippen molar-refractivity contribution in [3.05, 3.63) is 47.3 Å². The third kappa shape index (κ3) is 3.04. The number of anilines is 1. The summed E-state index contributed by atoms with van der Waals surface area (Å²) in [5.74, 6) is 0.113. The molecule has 2 aliphatic rings. The van der Waals surface area contributed by atoms with Crippen molar-refractivity contribution in [2.75, 3.05) is 18.8 Å².